The van der Waals surface area contributed by atoms with Gasteiger partial charge in [0.05, 0.1) is 30.2 Å². The lowest BCUT2D eigenvalue weighted by Gasteiger charge is -2.18. The second-order valence-electron chi connectivity index (χ2n) is 6.49. The van der Waals surface area contributed by atoms with E-state index >= 15 is 0 Å². The van der Waals surface area contributed by atoms with E-state index in [2.05, 4.69) is 0 Å². The molecular formula is C21H23ClNO7PS. The lowest BCUT2D eigenvalue weighted by atomic mass is 10.2. The molecule has 0 N–H and O–H groups in total. The Hall–Kier alpha value is -2.16. The molecule has 8 nitrogen and oxygen atoms in total. The maximum atomic E-state index is 13.8. The number of esters is 1. The van der Waals surface area contributed by atoms with Gasteiger partial charge in [0.2, 0.25) is 0 Å². The Labute approximate surface area is 191 Å². The number of hydrogen-bond donors (Lipinski definition) is 0. The van der Waals surface area contributed by atoms with Crippen LogP contribution in [0.5, 0.6) is 0 Å². The van der Waals surface area contributed by atoms with Crippen molar-refractivity contribution in [1.82, 2.24) is 3.97 Å². The van der Waals surface area contributed by atoms with Crippen molar-refractivity contribution in [2.45, 2.75) is 25.7 Å². The molecule has 172 valence electrons. The van der Waals surface area contributed by atoms with Gasteiger partial charge < -0.3 is 13.8 Å². The van der Waals surface area contributed by atoms with Gasteiger partial charge in [0, 0.05) is 10.4 Å². The molecule has 0 unspecified atom stereocenters. The fourth-order valence-corrected chi connectivity index (χ4v) is 7.04. The number of fused-ring (bicyclic) bond motifs is 1. The standard InChI is InChI=1S/C21H23ClNO7PS/c1-4-28-21(24)19-20(31(25,29-5-2)30-6-3)17-14-15(22)12-13-18(17)23(19)32(26,27)16-10-8-7-9-11-16/h7-14H,4-6H2,1-3H3. The van der Waals surface area contributed by atoms with Crippen LogP contribution in [-0.2, 0) is 28.4 Å². The molecule has 3 aromatic rings. The van der Waals surface area contributed by atoms with Crippen LogP contribution in [-0.4, -0.2) is 38.2 Å². The van der Waals surface area contributed by atoms with Crippen LogP contribution in [0.2, 0.25) is 5.02 Å². The van der Waals surface area contributed by atoms with Crippen LogP contribution in [0.25, 0.3) is 10.9 Å². The molecule has 0 aliphatic heterocycles. The van der Waals surface area contributed by atoms with E-state index in [1.165, 1.54) is 30.3 Å². The van der Waals surface area contributed by atoms with Crippen LogP contribution in [0, 0.1) is 0 Å². The van der Waals surface area contributed by atoms with Crippen molar-refractivity contribution in [2.75, 3.05) is 19.8 Å². The molecule has 0 aliphatic carbocycles. The molecule has 3 rings (SSSR count). The summed E-state index contributed by atoms with van der Waals surface area (Å²) in [5.41, 5.74) is -0.353. The lowest BCUT2D eigenvalue weighted by Crippen LogP contribution is -2.26. The van der Waals surface area contributed by atoms with E-state index in [1.54, 1.807) is 39.0 Å². The normalized spacial score (nSPS) is 12.2. The summed E-state index contributed by atoms with van der Waals surface area (Å²) in [5, 5.41) is 0.213. The fraction of sp³-hybridized carbons (Fsp3) is 0.286. The molecule has 11 heteroatoms. The summed E-state index contributed by atoms with van der Waals surface area (Å²) in [6.07, 6.45) is 0. The van der Waals surface area contributed by atoms with Crippen LogP contribution in [0.3, 0.4) is 0 Å². The zero-order valence-electron chi connectivity index (χ0n) is 17.8. The van der Waals surface area contributed by atoms with Gasteiger partial charge in [0.15, 0.2) is 5.69 Å². The van der Waals surface area contributed by atoms with E-state index < -0.39 is 29.3 Å². The zero-order valence-corrected chi connectivity index (χ0v) is 20.2. The number of halogens is 1. The van der Waals surface area contributed by atoms with E-state index in [1.807, 2.05) is 0 Å². The predicted molar refractivity (Wildman–Crippen MR) is 122 cm³/mol. The summed E-state index contributed by atoms with van der Waals surface area (Å²) in [6, 6.07) is 11.9. The monoisotopic (exact) mass is 499 g/mol. The van der Waals surface area contributed by atoms with Crippen molar-refractivity contribution in [3.05, 3.63) is 59.2 Å². The average Bonchev–Trinajstić information content (AvgIpc) is 3.11. The molecule has 0 aliphatic rings. The molecule has 0 radical (unpaired) electrons. The van der Waals surface area contributed by atoms with Crippen molar-refractivity contribution < 1.29 is 31.6 Å². The number of benzene rings is 2. The highest BCUT2D eigenvalue weighted by Crippen LogP contribution is 2.51. The minimum Gasteiger partial charge on any atom is -0.461 e. The van der Waals surface area contributed by atoms with Gasteiger partial charge in [-0.2, -0.15) is 0 Å². The van der Waals surface area contributed by atoms with Crippen molar-refractivity contribution in [3.8, 4) is 0 Å². The summed E-state index contributed by atoms with van der Waals surface area (Å²) in [7, 11) is -8.44. The highest BCUT2D eigenvalue weighted by atomic mass is 35.5. The molecule has 32 heavy (non-hydrogen) atoms. The van der Waals surface area contributed by atoms with E-state index in [4.69, 9.17) is 25.4 Å². The van der Waals surface area contributed by atoms with Gasteiger partial charge in [-0.1, -0.05) is 29.8 Å². The van der Waals surface area contributed by atoms with Gasteiger partial charge in [-0.15, -0.1) is 0 Å². The number of nitrogens with zero attached hydrogens (tertiary/aromatic N) is 1. The lowest BCUT2D eigenvalue weighted by molar-refractivity contribution is 0.0519. The summed E-state index contributed by atoms with van der Waals surface area (Å²) in [4.78, 5) is 13.0. The molecule has 0 bridgehead atoms. The minimum absolute atomic E-state index is 0.00177. The number of carbonyl (C=O) groups excluding carboxylic acids is 1. The van der Waals surface area contributed by atoms with Gasteiger partial charge in [-0.3, -0.25) is 4.57 Å². The van der Waals surface area contributed by atoms with Gasteiger partial charge >= 0.3 is 13.6 Å². The van der Waals surface area contributed by atoms with Crippen molar-refractivity contribution in [1.29, 1.82) is 0 Å². The van der Waals surface area contributed by atoms with E-state index in [-0.39, 0.29) is 45.9 Å². The number of ether oxygens (including phenoxy) is 1. The highest BCUT2D eigenvalue weighted by molar-refractivity contribution is 7.90. The summed E-state index contributed by atoms with van der Waals surface area (Å²) in [5.74, 6) is -0.978. The molecule has 0 amide bonds. The van der Waals surface area contributed by atoms with Crippen LogP contribution in [0.4, 0.5) is 0 Å². The Balaban J connectivity index is 2.54. The molecular weight excluding hydrogens is 477 g/mol. The Bertz CT molecular complexity index is 1280. The third-order valence-corrected chi connectivity index (χ3v) is 8.64. The van der Waals surface area contributed by atoms with Crippen molar-refractivity contribution >= 4 is 51.4 Å². The SMILES string of the molecule is CCOC(=O)c1c(P(=O)(OCC)OCC)c2cc(Cl)ccc2n1S(=O)(=O)c1ccccc1. The van der Waals surface area contributed by atoms with Crippen LogP contribution in [0.15, 0.2) is 53.4 Å². The number of carbonyl (C=O) groups is 1. The fourth-order valence-electron chi connectivity index (χ4n) is 3.33. The quantitative estimate of drug-likeness (QED) is 0.313. The van der Waals surface area contributed by atoms with Gasteiger partial charge in [0.1, 0.15) is 5.30 Å². The molecule has 0 saturated heterocycles. The van der Waals surface area contributed by atoms with E-state index in [9.17, 15) is 17.8 Å². The zero-order chi connectivity index (χ0) is 23.5. The van der Waals surface area contributed by atoms with Crippen molar-refractivity contribution in [2.24, 2.45) is 0 Å². The van der Waals surface area contributed by atoms with Crippen LogP contribution < -0.4 is 5.30 Å². The summed E-state index contributed by atoms with van der Waals surface area (Å²) in [6.45, 7) is 4.78. The smallest absolute Gasteiger partial charge is 0.364 e. The Morgan fingerprint density at radius 3 is 2.19 bits per heavy atom. The molecule has 2 aromatic carbocycles. The first-order valence-corrected chi connectivity index (χ1v) is 13.3. The predicted octanol–water partition coefficient (Wildman–Crippen LogP) is 4.60. The molecule has 0 saturated carbocycles. The van der Waals surface area contributed by atoms with Gasteiger partial charge in [0.25, 0.3) is 10.0 Å². The first-order chi connectivity index (χ1) is 15.2. The summed E-state index contributed by atoms with van der Waals surface area (Å²) < 4.78 is 58.1. The van der Waals surface area contributed by atoms with Crippen molar-refractivity contribution in [3.63, 3.8) is 0 Å². The molecule has 0 atom stereocenters. The van der Waals surface area contributed by atoms with E-state index in [0.717, 1.165) is 3.97 Å². The second-order valence-corrected chi connectivity index (χ2v) is 10.7. The second kappa shape index (κ2) is 9.77. The summed E-state index contributed by atoms with van der Waals surface area (Å²) >= 11 is 6.18. The third kappa shape index (κ3) is 4.36. The number of rotatable bonds is 9. The van der Waals surface area contributed by atoms with Crippen LogP contribution in [0.1, 0.15) is 31.3 Å². The molecule has 0 spiro atoms. The largest absolute Gasteiger partial charge is 0.461 e. The number of hydrogen-bond acceptors (Lipinski definition) is 7. The maximum Gasteiger partial charge on any atom is 0.364 e. The minimum atomic E-state index is -4.30. The maximum absolute atomic E-state index is 13.8. The van der Waals surface area contributed by atoms with Gasteiger partial charge in [-0.05, 0) is 51.1 Å². The van der Waals surface area contributed by atoms with Gasteiger partial charge in [-0.25, -0.2) is 17.2 Å². The Morgan fingerprint density at radius 2 is 1.62 bits per heavy atom. The molecule has 1 aromatic heterocycles. The number of aromatic nitrogens is 1. The Morgan fingerprint density at radius 1 is 1.00 bits per heavy atom. The van der Waals surface area contributed by atoms with Crippen LogP contribution >= 0.6 is 19.2 Å². The Kier molecular flexibility index (Phi) is 7.47. The first-order valence-electron chi connectivity index (χ1n) is 9.92. The highest BCUT2D eigenvalue weighted by Gasteiger charge is 2.41. The molecule has 1 heterocycles. The third-order valence-electron chi connectivity index (χ3n) is 4.48. The topological polar surface area (TPSA) is 101 Å². The first kappa shape index (κ1) is 24.5. The molecule has 0 fully saturated rings. The average molecular weight is 500 g/mol. The van der Waals surface area contributed by atoms with E-state index in [0.29, 0.717) is 0 Å².